The number of furan rings is 1. The molecule has 37 heavy (non-hydrogen) atoms. The summed E-state index contributed by atoms with van der Waals surface area (Å²) < 4.78 is 6.26. The Morgan fingerprint density at radius 1 is 0.757 bits per heavy atom. The summed E-state index contributed by atoms with van der Waals surface area (Å²) >= 11 is 0. The molecule has 6 rings (SSSR count). The van der Waals surface area contributed by atoms with Crippen LogP contribution >= 0.6 is 0 Å². The predicted molar refractivity (Wildman–Crippen MR) is 152 cm³/mol. The Morgan fingerprint density at radius 3 is 2.27 bits per heavy atom. The van der Waals surface area contributed by atoms with Crippen molar-refractivity contribution in [2.75, 3.05) is 0 Å². The third-order valence-electron chi connectivity index (χ3n) is 6.12. The molecule has 1 radical (unpaired) electrons. The third-order valence-corrected chi connectivity index (χ3v) is 8.16. The second kappa shape index (κ2) is 11.3. The molecule has 3 aromatic carbocycles. The van der Waals surface area contributed by atoms with Crippen LogP contribution in [0.2, 0.25) is 19.6 Å². The number of nitrogens with zero attached hydrogens (tertiary/aromatic N) is 2. The van der Waals surface area contributed by atoms with E-state index < -0.39 is 8.07 Å². The summed E-state index contributed by atoms with van der Waals surface area (Å²) in [7, 11) is -1.36. The van der Waals surface area contributed by atoms with Crippen LogP contribution in [0.15, 0.2) is 102 Å². The number of aryl methyl sites for hydroxylation is 1. The molecule has 0 aliphatic rings. The molecule has 0 saturated heterocycles. The Hall–Kier alpha value is -3.37. The van der Waals surface area contributed by atoms with Crippen molar-refractivity contribution < 1.29 is 24.5 Å². The first-order chi connectivity index (χ1) is 17.4. The quantitative estimate of drug-likeness (QED) is 0.142. The first-order valence-electron chi connectivity index (χ1n) is 12.1. The SMILES string of the molecule is Cc1ccc(-c2[c-]ccc3c2oc2cc([Si](C)(C)C)ccc23)nc1.[Ir].[c-]1ccccc1-c1ccccn1. The molecule has 3 aromatic heterocycles. The van der Waals surface area contributed by atoms with Gasteiger partial charge < -0.3 is 14.4 Å². The fourth-order valence-corrected chi connectivity index (χ4v) is 5.24. The average Bonchev–Trinajstić information content (AvgIpc) is 3.28. The molecule has 5 heteroatoms. The first kappa shape index (κ1) is 26.7. The van der Waals surface area contributed by atoms with Crippen molar-refractivity contribution in [3.63, 3.8) is 0 Å². The molecule has 0 fully saturated rings. The third kappa shape index (κ3) is 5.96. The van der Waals surface area contributed by atoms with E-state index in [4.69, 9.17) is 4.42 Å². The summed E-state index contributed by atoms with van der Waals surface area (Å²) in [6.45, 7) is 9.10. The Morgan fingerprint density at radius 2 is 1.59 bits per heavy atom. The molecule has 3 heterocycles. The minimum atomic E-state index is -1.36. The van der Waals surface area contributed by atoms with E-state index >= 15 is 0 Å². The second-order valence-corrected chi connectivity index (χ2v) is 14.9. The summed E-state index contributed by atoms with van der Waals surface area (Å²) in [5.74, 6) is 0. The topological polar surface area (TPSA) is 38.9 Å². The van der Waals surface area contributed by atoms with E-state index in [1.54, 1.807) is 6.20 Å². The predicted octanol–water partition coefficient (Wildman–Crippen LogP) is 7.85. The number of hydrogen-bond acceptors (Lipinski definition) is 3. The molecule has 0 N–H and O–H groups in total. The van der Waals surface area contributed by atoms with Crippen molar-refractivity contribution >= 4 is 35.2 Å². The molecular weight excluding hydrogens is 649 g/mol. The van der Waals surface area contributed by atoms with Crippen LogP contribution in [-0.2, 0) is 20.1 Å². The van der Waals surface area contributed by atoms with Gasteiger partial charge in [0.1, 0.15) is 5.58 Å². The number of fused-ring (bicyclic) bond motifs is 3. The zero-order valence-electron chi connectivity index (χ0n) is 21.4. The van der Waals surface area contributed by atoms with Gasteiger partial charge in [-0.3, -0.25) is 0 Å². The summed E-state index contributed by atoms with van der Waals surface area (Å²) in [5, 5.41) is 3.70. The van der Waals surface area contributed by atoms with Crippen LogP contribution in [0.4, 0.5) is 0 Å². The maximum Gasteiger partial charge on any atom is 0.120 e. The van der Waals surface area contributed by atoms with E-state index in [1.807, 2.05) is 67.7 Å². The largest absolute Gasteiger partial charge is 0.501 e. The van der Waals surface area contributed by atoms with Gasteiger partial charge in [-0.25, -0.2) is 0 Å². The average molecular weight is 677 g/mol. The Kier molecular flexibility index (Phi) is 8.18. The van der Waals surface area contributed by atoms with Gasteiger partial charge in [-0.05, 0) is 36.0 Å². The minimum Gasteiger partial charge on any atom is -0.501 e. The standard InChI is InChI=1S/C21H20NOSi.C11H8N.Ir/c1-14-8-11-19(22-13-14)18-7-5-6-17-16-10-9-15(24(2,3)4)12-20(16)23-21(17)18;1-2-6-10(7-3-1)11-8-4-5-9-12-11;/h5-6,8-13H,1-4H3;1-6,8-9H;/q2*-1;. The van der Waals surface area contributed by atoms with Crippen LogP contribution in [0.3, 0.4) is 0 Å². The maximum absolute atomic E-state index is 6.26. The number of aromatic nitrogens is 2. The molecule has 0 aliphatic carbocycles. The van der Waals surface area contributed by atoms with E-state index in [2.05, 4.69) is 72.1 Å². The Labute approximate surface area is 233 Å². The van der Waals surface area contributed by atoms with Crippen LogP contribution in [0.25, 0.3) is 44.5 Å². The second-order valence-electron chi connectivity index (χ2n) is 9.87. The van der Waals surface area contributed by atoms with Gasteiger partial charge in [-0.2, -0.15) is 0 Å². The van der Waals surface area contributed by atoms with E-state index in [1.165, 1.54) is 5.19 Å². The van der Waals surface area contributed by atoms with Gasteiger partial charge in [-0.1, -0.05) is 72.2 Å². The van der Waals surface area contributed by atoms with Gasteiger partial charge in [-0.15, -0.1) is 54.1 Å². The molecule has 0 spiro atoms. The first-order valence-corrected chi connectivity index (χ1v) is 15.6. The van der Waals surface area contributed by atoms with E-state index in [-0.39, 0.29) is 20.1 Å². The summed E-state index contributed by atoms with van der Waals surface area (Å²) in [5.41, 5.74) is 6.81. The van der Waals surface area contributed by atoms with Crippen molar-refractivity contribution in [2.45, 2.75) is 26.6 Å². The molecule has 6 aromatic rings. The zero-order valence-corrected chi connectivity index (χ0v) is 24.8. The van der Waals surface area contributed by atoms with Gasteiger partial charge >= 0.3 is 0 Å². The van der Waals surface area contributed by atoms with E-state index in [0.29, 0.717) is 0 Å². The Bertz CT molecular complexity index is 1570. The van der Waals surface area contributed by atoms with Gasteiger partial charge in [0.15, 0.2) is 0 Å². The monoisotopic (exact) mass is 677 g/mol. The number of rotatable bonds is 3. The van der Waals surface area contributed by atoms with Crippen LogP contribution in [0.5, 0.6) is 0 Å². The van der Waals surface area contributed by atoms with Crippen molar-refractivity contribution in [3.8, 4) is 22.5 Å². The van der Waals surface area contributed by atoms with E-state index in [0.717, 1.165) is 50.0 Å². The smallest absolute Gasteiger partial charge is 0.120 e. The van der Waals surface area contributed by atoms with Crippen LogP contribution < -0.4 is 5.19 Å². The summed E-state index contributed by atoms with van der Waals surface area (Å²) in [6, 6.07) is 34.9. The molecule has 0 unspecified atom stereocenters. The van der Waals surface area contributed by atoms with Gasteiger partial charge in [0.25, 0.3) is 0 Å². The van der Waals surface area contributed by atoms with Gasteiger partial charge in [0.2, 0.25) is 0 Å². The molecule has 0 bridgehead atoms. The minimum absolute atomic E-state index is 0. The zero-order chi connectivity index (χ0) is 25.1. The molecule has 0 amide bonds. The van der Waals surface area contributed by atoms with Crippen molar-refractivity contribution in [3.05, 3.63) is 115 Å². The molecule has 0 aliphatic heterocycles. The van der Waals surface area contributed by atoms with Gasteiger partial charge in [0, 0.05) is 37.9 Å². The molecule has 0 saturated carbocycles. The van der Waals surface area contributed by atoms with Crippen LogP contribution in [-0.4, -0.2) is 18.0 Å². The number of pyridine rings is 2. The summed E-state index contributed by atoms with van der Waals surface area (Å²) in [4.78, 5) is 8.76. The Balaban J connectivity index is 0.000000208. The number of benzene rings is 3. The molecule has 187 valence electrons. The van der Waals surface area contributed by atoms with Crippen LogP contribution in [0.1, 0.15) is 5.56 Å². The van der Waals surface area contributed by atoms with Crippen molar-refractivity contribution in [1.82, 2.24) is 9.97 Å². The van der Waals surface area contributed by atoms with Crippen molar-refractivity contribution in [1.29, 1.82) is 0 Å². The fraction of sp³-hybridized carbons (Fsp3) is 0.125. The number of hydrogen-bond donors (Lipinski definition) is 0. The molecule has 3 nitrogen and oxygen atoms in total. The van der Waals surface area contributed by atoms with Crippen LogP contribution in [0, 0.1) is 19.1 Å². The molecular formula is C32H28IrN2OSi-2. The van der Waals surface area contributed by atoms with Crippen molar-refractivity contribution in [2.24, 2.45) is 0 Å². The van der Waals surface area contributed by atoms with Gasteiger partial charge in [0.05, 0.1) is 13.7 Å². The maximum atomic E-state index is 6.26. The molecule has 0 atom stereocenters. The fourth-order valence-electron chi connectivity index (χ4n) is 4.09. The van der Waals surface area contributed by atoms with E-state index in [9.17, 15) is 0 Å². The summed E-state index contributed by atoms with van der Waals surface area (Å²) in [6.07, 6.45) is 3.67. The normalized spacial score (nSPS) is 11.0.